The number of hydrogen-bond donors (Lipinski definition) is 1. The number of amides is 1. The lowest BCUT2D eigenvalue weighted by molar-refractivity contribution is 0.0989. The van der Waals surface area contributed by atoms with E-state index in [1.54, 1.807) is 29.2 Å². The molecular weight excluding hydrogens is 272 g/mol. The zero-order valence-electron chi connectivity index (χ0n) is 11.2. The van der Waals surface area contributed by atoms with Gasteiger partial charge in [0.25, 0.3) is 5.91 Å². The number of aryl methyl sites for hydroxylation is 1. The summed E-state index contributed by atoms with van der Waals surface area (Å²) in [6.07, 6.45) is 0.871. The van der Waals surface area contributed by atoms with Gasteiger partial charge in [0.2, 0.25) is 0 Å². The van der Waals surface area contributed by atoms with E-state index in [-0.39, 0.29) is 5.91 Å². The molecule has 102 valence electrons. The van der Waals surface area contributed by atoms with Crippen molar-refractivity contribution in [2.24, 2.45) is 0 Å². The van der Waals surface area contributed by atoms with Crippen LogP contribution in [0.25, 0.3) is 0 Å². The van der Waals surface area contributed by atoms with E-state index in [1.807, 2.05) is 13.0 Å². The first-order valence-corrected chi connectivity index (χ1v) is 6.90. The number of carbonyl (C=O) groups is 1. The minimum Gasteiger partial charge on any atom is -0.398 e. The van der Waals surface area contributed by atoms with Gasteiger partial charge in [0.15, 0.2) is 0 Å². The van der Waals surface area contributed by atoms with Gasteiger partial charge < -0.3 is 10.6 Å². The second-order valence-electron chi connectivity index (χ2n) is 5.05. The summed E-state index contributed by atoms with van der Waals surface area (Å²) in [5.74, 6) is -0.0105. The van der Waals surface area contributed by atoms with Crippen LogP contribution in [0, 0.1) is 6.92 Å². The Bertz CT molecular complexity index is 680. The summed E-state index contributed by atoms with van der Waals surface area (Å²) in [4.78, 5) is 14.3. The van der Waals surface area contributed by atoms with Crippen LogP contribution in [0.3, 0.4) is 0 Å². The molecule has 1 heterocycles. The van der Waals surface area contributed by atoms with Gasteiger partial charge in [-0.3, -0.25) is 4.79 Å². The van der Waals surface area contributed by atoms with Gasteiger partial charge in [-0.2, -0.15) is 0 Å². The molecule has 20 heavy (non-hydrogen) atoms. The lowest BCUT2D eigenvalue weighted by Gasteiger charge is -2.18. The van der Waals surface area contributed by atoms with E-state index in [0.29, 0.717) is 17.1 Å². The average Bonchev–Trinajstić information content (AvgIpc) is 2.82. The van der Waals surface area contributed by atoms with Gasteiger partial charge in [0.1, 0.15) is 0 Å². The van der Waals surface area contributed by atoms with Crippen LogP contribution in [-0.2, 0) is 6.42 Å². The standard InChI is InChI=1S/C16H15ClN2O/c1-10-8-12-6-7-19(15(12)9-14(10)18)16(20)11-2-4-13(17)5-3-11/h2-5,8-9H,6-7,18H2,1H3. The minimum atomic E-state index is -0.0105. The SMILES string of the molecule is Cc1cc2c(cc1N)N(C(=O)c1ccc(Cl)cc1)CC2. The first kappa shape index (κ1) is 13.0. The number of halogens is 1. The van der Waals surface area contributed by atoms with Crippen molar-refractivity contribution in [1.29, 1.82) is 0 Å². The highest BCUT2D eigenvalue weighted by Gasteiger charge is 2.26. The molecule has 4 heteroatoms. The molecule has 0 radical (unpaired) electrons. The predicted molar refractivity (Wildman–Crippen MR) is 82.4 cm³/mol. The van der Waals surface area contributed by atoms with Crippen molar-refractivity contribution in [3.8, 4) is 0 Å². The van der Waals surface area contributed by atoms with E-state index in [1.165, 1.54) is 5.56 Å². The highest BCUT2D eigenvalue weighted by atomic mass is 35.5. The van der Waals surface area contributed by atoms with Crippen LogP contribution in [0.4, 0.5) is 11.4 Å². The van der Waals surface area contributed by atoms with Gasteiger partial charge in [-0.1, -0.05) is 17.7 Å². The number of nitrogen functional groups attached to an aromatic ring is 1. The maximum Gasteiger partial charge on any atom is 0.258 e. The second-order valence-corrected chi connectivity index (χ2v) is 5.49. The van der Waals surface area contributed by atoms with Crippen LogP contribution in [0.2, 0.25) is 5.02 Å². The molecule has 0 unspecified atom stereocenters. The van der Waals surface area contributed by atoms with Gasteiger partial charge in [-0.05, 0) is 54.8 Å². The van der Waals surface area contributed by atoms with E-state index >= 15 is 0 Å². The van der Waals surface area contributed by atoms with E-state index < -0.39 is 0 Å². The molecule has 0 aromatic heterocycles. The van der Waals surface area contributed by atoms with Crippen molar-refractivity contribution >= 4 is 28.9 Å². The van der Waals surface area contributed by atoms with Crippen LogP contribution in [0.5, 0.6) is 0 Å². The van der Waals surface area contributed by atoms with Crippen molar-refractivity contribution in [1.82, 2.24) is 0 Å². The van der Waals surface area contributed by atoms with Gasteiger partial charge in [0, 0.05) is 28.5 Å². The topological polar surface area (TPSA) is 46.3 Å². The Kier molecular flexibility index (Phi) is 3.14. The fourth-order valence-corrected chi connectivity index (χ4v) is 2.66. The number of nitrogens with zero attached hydrogens (tertiary/aromatic N) is 1. The molecule has 0 atom stereocenters. The summed E-state index contributed by atoms with van der Waals surface area (Å²) >= 11 is 5.85. The molecule has 0 spiro atoms. The number of hydrogen-bond acceptors (Lipinski definition) is 2. The Morgan fingerprint density at radius 2 is 1.95 bits per heavy atom. The molecule has 3 nitrogen and oxygen atoms in total. The number of benzene rings is 2. The number of rotatable bonds is 1. The molecule has 0 saturated carbocycles. The average molecular weight is 287 g/mol. The van der Waals surface area contributed by atoms with Gasteiger partial charge in [-0.15, -0.1) is 0 Å². The number of nitrogens with two attached hydrogens (primary N) is 1. The number of anilines is 2. The smallest absolute Gasteiger partial charge is 0.258 e. The summed E-state index contributed by atoms with van der Waals surface area (Å²) in [7, 11) is 0. The molecule has 1 aliphatic rings. The van der Waals surface area contributed by atoms with Crippen molar-refractivity contribution in [3.63, 3.8) is 0 Å². The lowest BCUT2D eigenvalue weighted by Crippen LogP contribution is -2.28. The summed E-state index contributed by atoms with van der Waals surface area (Å²) < 4.78 is 0. The Morgan fingerprint density at radius 3 is 2.65 bits per heavy atom. The predicted octanol–water partition coefficient (Wildman–Crippen LogP) is 3.43. The van der Waals surface area contributed by atoms with Crippen LogP contribution in [0.1, 0.15) is 21.5 Å². The van der Waals surface area contributed by atoms with E-state index in [4.69, 9.17) is 17.3 Å². The molecule has 1 aliphatic heterocycles. The fraction of sp³-hybridized carbons (Fsp3) is 0.188. The summed E-state index contributed by atoms with van der Waals surface area (Å²) in [5.41, 5.74) is 10.5. The molecule has 0 saturated heterocycles. The first-order chi connectivity index (χ1) is 9.56. The molecule has 1 amide bonds. The lowest BCUT2D eigenvalue weighted by atomic mass is 10.1. The summed E-state index contributed by atoms with van der Waals surface area (Å²) in [6, 6.07) is 10.9. The monoisotopic (exact) mass is 286 g/mol. The van der Waals surface area contributed by atoms with Gasteiger partial charge >= 0.3 is 0 Å². The van der Waals surface area contributed by atoms with Crippen molar-refractivity contribution < 1.29 is 4.79 Å². The third-order valence-corrected chi connectivity index (χ3v) is 3.95. The molecule has 3 rings (SSSR count). The number of fused-ring (bicyclic) bond motifs is 1. The largest absolute Gasteiger partial charge is 0.398 e. The highest BCUT2D eigenvalue weighted by Crippen LogP contribution is 2.33. The molecule has 0 aliphatic carbocycles. The first-order valence-electron chi connectivity index (χ1n) is 6.52. The summed E-state index contributed by atoms with van der Waals surface area (Å²) in [5, 5.41) is 0.628. The van der Waals surface area contributed by atoms with Crippen molar-refractivity contribution in [3.05, 3.63) is 58.1 Å². The third-order valence-electron chi connectivity index (χ3n) is 3.70. The van der Waals surface area contributed by atoms with Crippen molar-refractivity contribution in [2.75, 3.05) is 17.2 Å². The molecular formula is C16H15ClN2O. The third kappa shape index (κ3) is 2.14. The Labute approximate surface area is 123 Å². The van der Waals surface area contributed by atoms with Gasteiger partial charge in [-0.25, -0.2) is 0 Å². The second kappa shape index (κ2) is 4.84. The molecule has 0 fully saturated rings. The number of carbonyl (C=O) groups excluding carboxylic acids is 1. The Balaban J connectivity index is 1.96. The highest BCUT2D eigenvalue weighted by molar-refractivity contribution is 6.30. The molecule has 0 bridgehead atoms. The quantitative estimate of drug-likeness (QED) is 0.816. The van der Waals surface area contributed by atoms with Crippen LogP contribution in [-0.4, -0.2) is 12.5 Å². The maximum absolute atomic E-state index is 12.6. The summed E-state index contributed by atoms with van der Waals surface area (Å²) in [6.45, 7) is 2.68. The molecule has 2 aromatic carbocycles. The van der Waals surface area contributed by atoms with E-state index in [9.17, 15) is 4.79 Å². The Morgan fingerprint density at radius 1 is 1.25 bits per heavy atom. The normalized spacial score (nSPS) is 13.4. The van der Waals surface area contributed by atoms with Crippen LogP contribution >= 0.6 is 11.6 Å². The molecule has 2 aromatic rings. The van der Waals surface area contributed by atoms with E-state index in [0.717, 1.165) is 23.4 Å². The van der Waals surface area contributed by atoms with Crippen LogP contribution in [0.15, 0.2) is 36.4 Å². The zero-order valence-corrected chi connectivity index (χ0v) is 11.9. The Hall–Kier alpha value is -2.00. The van der Waals surface area contributed by atoms with Gasteiger partial charge in [0.05, 0.1) is 0 Å². The zero-order chi connectivity index (χ0) is 14.3. The fourth-order valence-electron chi connectivity index (χ4n) is 2.54. The van der Waals surface area contributed by atoms with Crippen molar-refractivity contribution in [2.45, 2.75) is 13.3 Å². The minimum absolute atomic E-state index is 0.0105. The van der Waals surface area contributed by atoms with Crippen LogP contribution < -0.4 is 10.6 Å². The maximum atomic E-state index is 12.6. The molecule has 2 N–H and O–H groups in total. The van der Waals surface area contributed by atoms with E-state index in [2.05, 4.69) is 6.07 Å².